The van der Waals surface area contributed by atoms with E-state index in [4.69, 9.17) is 4.74 Å². The molecule has 0 spiro atoms. The normalized spacial score (nSPS) is 19.9. The second-order valence-corrected chi connectivity index (χ2v) is 12.1. The third-order valence-electron chi connectivity index (χ3n) is 8.71. The number of phenols is 1. The van der Waals surface area contributed by atoms with Gasteiger partial charge in [0.05, 0.1) is 29.6 Å². The summed E-state index contributed by atoms with van der Waals surface area (Å²) in [6.45, 7) is 10.2. The Morgan fingerprint density at radius 3 is 2.50 bits per heavy atom. The van der Waals surface area contributed by atoms with Gasteiger partial charge in [-0.25, -0.2) is 4.68 Å². The quantitative estimate of drug-likeness (QED) is 0.329. The number of aliphatic hydroxyl groups is 1. The lowest BCUT2D eigenvalue weighted by Gasteiger charge is -2.40. The molecule has 2 aliphatic heterocycles. The Morgan fingerprint density at radius 2 is 1.81 bits per heavy atom. The van der Waals surface area contributed by atoms with Gasteiger partial charge in [-0.2, -0.15) is 0 Å². The number of phenolic OH excluding ortho intramolecular Hbond substituents is 1. The van der Waals surface area contributed by atoms with Crippen LogP contribution in [-0.2, 0) is 20.0 Å². The van der Waals surface area contributed by atoms with Crippen molar-refractivity contribution in [1.82, 2.24) is 9.36 Å². The summed E-state index contributed by atoms with van der Waals surface area (Å²) in [4.78, 5) is 28.9. The number of carbonyl (C=O) groups is 1. The molecule has 3 aromatic rings. The SMILES string of the molecule is CC(C)=CCCC(C)=CCCC1(C)Oc2c(c(O)cc3c2CN(c2c(C)n(C)n(-c4ccccc4)c2=O)C3=O)CC1O. The van der Waals surface area contributed by atoms with E-state index in [2.05, 4.69) is 32.9 Å². The van der Waals surface area contributed by atoms with Crippen molar-refractivity contribution < 1.29 is 19.7 Å². The molecule has 222 valence electrons. The Morgan fingerprint density at radius 1 is 1.10 bits per heavy atom. The number of carbonyl (C=O) groups excluding carboxylic acids is 1. The summed E-state index contributed by atoms with van der Waals surface area (Å²) >= 11 is 0. The highest BCUT2D eigenvalue weighted by Gasteiger charge is 2.45. The number of allylic oxidation sites excluding steroid dienone is 4. The maximum atomic E-state index is 13.7. The lowest BCUT2D eigenvalue weighted by atomic mass is 9.84. The summed E-state index contributed by atoms with van der Waals surface area (Å²) in [5.41, 5.74) is 4.49. The average molecular weight is 572 g/mol. The predicted octanol–water partition coefficient (Wildman–Crippen LogP) is 5.88. The van der Waals surface area contributed by atoms with Crippen molar-refractivity contribution in [2.75, 3.05) is 4.90 Å². The zero-order valence-electron chi connectivity index (χ0n) is 25.4. The van der Waals surface area contributed by atoms with Gasteiger partial charge in [-0.05, 0) is 78.5 Å². The molecule has 0 bridgehead atoms. The van der Waals surface area contributed by atoms with Gasteiger partial charge in [-0.15, -0.1) is 0 Å². The van der Waals surface area contributed by atoms with Gasteiger partial charge in [-0.1, -0.05) is 41.5 Å². The minimum atomic E-state index is -0.898. The maximum absolute atomic E-state index is 13.7. The van der Waals surface area contributed by atoms with Gasteiger partial charge in [-0.3, -0.25) is 19.2 Å². The summed E-state index contributed by atoms with van der Waals surface area (Å²) in [7, 11) is 1.79. The zero-order chi connectivity index (χ0) is 30.3. The van der Waals surface area contributed by atoms with E-state index in [-0.39, 0.29) is 30.2 Å². The van der Waals surface area contributed by atoms with E-state index in [9.17, 15) is 19.8 Å². The number of benzene rings is 2. The van der Waals surface area contributed by atoms with Crippen molar-refractivity contribution in [3.8, 4) is 17.2 Å². The Hall–Kier alpha value is -4.04. The highest BCUT2D eigenvalue weighted by molar-refractivity contribution is 6.11. The Bertz CT molecular complexity index is 1640. The fraction of sp³-hybridized carbons (Fsp3) is 0.412. The van der Waals surface area contributed by atoms with Crippen LogP contribution in [0.1, 0.15) is 80.6 Å². The molecule has 5 rings (SSSR count). The number of aliphatic hydroxyl groups excluding tert-OH is 1. The second kappa shape index (κ2) is 11.3. The molecular weight excluding hydrogens is 530 g/mol. The predicted molar refractivity (Wildman–Crippen MR) is 165 cm³/mol. The molecule has 0 aliphatic carbocycles. The van der Waals surface area contributed by atoms with Gasteiger partial charge in [0.15, 0.2) is 0 Å². The first-order chi connectivity index (χ1) is 19.9. The molecule has 2 N–H and O–H groups in total. The van der Waals surface area contributed by atoms with E-state index < -0.39 is 11.7 Å². The van der Waals surface area contributed by atoms with Crippen LogP contribution in [0, 0.1) is 6.92 Å². The van der Waals surface area contributed by atoms with Crippen LogP contribution < -0.4 is 15.2 Å². The van der Waals surface area contributed by atoms with Crippen molar-refractivity contribution in [3.05, 3.63) is 92.4 Å². The molecule has 0 radical (unpaired) electrons. The number of aromatic hydroxyl groups is 1. The van der Waals surface area contributed by atoms with Crippen LogP contribution in [0.4, 0.5) is 5.69 Å². The van der Waals surface area contributed by atoms with Crippen molar-refractivity contribution in [2.24, 2.45) is 7.05 Å². The van der Waals surface area contributed by atoms with Crippen LogP contribution in [0.5, 0.6) is 11.5 Å². The molecule has 0 saturated heterocycles. The van der Waals surface area contributed by atoms with Gasteiger partial charge in [0.2, 0.25) is 0 Å². The largest absolute Gasteiger partial charge is 0.508 e. The van der Waals surface area contributed by atoms with Crippen LogP contribution in [-0.4, -0.2) is 37.2 Å². The van der Waals surface area contributed by atoms with Crippen molar-refractivity contribution in [2.45, 2.75) is 85.0 Å². The molecule has 2 aromatic carbocycles. The number of hydrogen-bond donors (Lipinski definition) is 2. The molecule has 8 nitrogen and oxygen atoms in total. The summed E-state index contributed by atoms with van der Waals surface area (Å²) < 4.78 is 9.82. The number of fused-ring (bicyclic) bond motifs is 3. The topological polar surface area (TPSA) is 96.9 Å². The smallest absolute Gasteiger partial charge is 0.295 e. The first kappa shape index (κ1) is 29.5. The molecule has 2 unspecified atom stereocenters. The van der Waals surface area contributed by atoms with Gasteiger partial charge >= 0.3 is 0 Å². The van der Waals surface area contributed by atoms with E-state index in [1.54, 1.807) is 16.4 Å². The van der Waals surface area contributed by atoms with Crippen molar-refractivity contribution in [3.63, 3.8) is 0 Å². The number of nitrogens with zero attached hydrogens (tertiary/aromatic N) is 3. The van der Waals surface area contributed by atoms with Gasteiger partial charge in [0.25, 0.3) is 11.5 Å². The van der Waals surface area contributed by atoms with E-state index in [0.29, 0.717) is 45.9 Å². The molecule has 8 heteroatoms. The Kier molecular flexibility index (Phi) is 7.94. The number of hydrogen-bond acceptors (Lipinski definition) is 5. The molecule has 0 fully saturated rings. The fourth-order valence-corrected chi connectivity index (χ4v) is 6.04. The highest BCUT2D eigenvalue weighted by Crippen LogP contribution is 2.47. The van der Waals surface area contributed by atoms with Crippen molar-refractivity contribution >= 4 is 11.6 Å². The van der Waals surface area contributed by atoms with Crippen LogP contribution in [0.3, 0.4) is 0 Å². The third kappa shape index (κ3) is 5.20. The molecule has 42 heavy (non-hydrogen) atoms. The number of aromatic nitrogens is 2. The van der Waals surface area contributed by atoms with Crippen LogP contribution >= 0.6 is 0 Å². The fourth-order valence-electron chi connectivity index (χ4n) is 6.04. The molecule has 1 aromatic heterocycles. The Balaban J connectivity index is 1.44. The van der Waals surface area contributed by atoms with E-state index >= 15 is 0 Å². The maximum Gasteiger partial charge on any atom is 0.295 e. The van der Waals surface area contributed by atoms with E-state index in [1.165, 1.54) is 22.1 Å². The first-order valence-corrected chi connectivity index (χ1v) is 14.6. The number of para-hydroxylation sites is 1. The Labute approximate surface area is 247 Å². The summed E-state index contributed by atoms with van der Waals surface area (Å²) in [5, 5.41) is 22.0. The minimum Gasteiger partial charge on any atom is -0.508 e. The van der Waals surface area contributed by atoms with Crippen LogP contribution in [0.25, 0.3) is 5.69 Å². The molecular formula is C34H41N3O5. The van der Waals surface area contributed by atoms with Crippen LogP contribution in [0.15, 0.2) is 64.5 Å². The highest BCUT2D eigenvalue weighted by atomic mass is 16.5. The van der Waals surface area contributed by atoms with Crippen molar-refractivity contribution in [1.29, 1.82) is 0 Å². The van der Waals surface area contributed by atoms with Gasteiger partial charge in [0, 0.05) is 24.6 Å². The first-order valence-electron chi connectivity index (χ1n) is 14.6. The van der Waals surface area contributed by atoms with E-state index in [1.807, 2.05) is 44.2 Å². The van der Waals surface area contributed by atoms with Gasteiger partial charge < -0.3 is 14.9 Å². The minimum absolute atomic E-state index is 0.0819. The number of anilines is 1. The number of amides is 1. The lowest BCUT2D eigenvalue weighted by Crippen LogP contribution is -2.49. The summed E-state index contributed by atoms with van der Waals surface area (Å²) in [6.07, 6.45) is 7.12. The summed E-state index contributed by atoms with van der Waals surface area (Å²) in [5.74, 6) is -0.00289. The van der Waals surface area contributed by atoms with E-state index in [0.717, 1.165) is 19.3 Å². The number of ether oxygens (including phenoxy) is 1. The molecule has 1 amide bonds. The van der Waals surface area contributed by atoms with Crippen LogP contribution in [0.2, 0.25) is 0 Å². The molecule has 3 heterocycles. The average Bonchev–Trinajstić information content (AvgIpc) is 3.37. The molecule has 2 aliphatic rings. The number of rotatable bonds is 8. The lowest BCUT2D eigenvalue weighted by molar-refractivity contribution is -0.0597. The third-order valence-corrected chi connectivity index (χ3v) is 8.71. The second-order valence-electron chi connectivity index (χ2n) is 12.1. The summed E-state index contributed by atoms with van der Waals surface area (Å²) in [6, 6.07) is 10.7. The molecule has 2 atom stereocenters. The molecule has 0 saturated carbocycles. The monoisotopic (exact) mass is 571 g/mol. The van der Waals surface area contributed by atoms with Gasteiger partial charge in [0.1, 0.15) is 22.8 Å². The standard InChI is InChI=1S/C34H41N3O5/c1-21(2)12-10-13-22(3)14-11-17-34(5)29(39)19-26-28(38)18-25-27(31(26)42-34)20-36(32(25)40)30-23(4)35(6)37(33(30)41)24-15-8-7-9-16-24/h7-9,12,14-16,18,29,38-39H,10-11,13,17,19-20H2,1-6H3. The zero-order valence-corrected chi connectivity index (χ0v) is 25.4.